The van der Waals surface area contributed by atoms with E-state index in [1.54, 1.807) is 0 Å². The average Bonchev–Trinajstić information content (AvgIpc) is 2.86. The molecule has 0 spiro atoms. The Morgan fingerprint density at radius 2 is 2.09 bits per heavy atom. The van der Waals surface area contributed by atoms with E-state index in [2.05, 4.69) is 10.6 Å². The average molecular weight is 154 g/mol. The van der Waals surface area contributed by atoms with Gasteiger partial charge in [0.25, 0.3) is 0 Å². The number of piperidine rings is 1. The van der Waals surface area contributed by atoms with Crippen LogP contribution in [-0.4, -0.2) is 25.2 Å². The van der Waals surface area contributed by atoms with Crippen LogP contribution in [0.25, 0.3) is 0 Å². The molecule has 1 aliphatic carbocycles. The van der Waals surface area contributed by atoms with Crippen LogP contribution in [0.5, 0.6) is 0 Å². The topological polar surface area (TPSA) is 24.1 Å². The Bertz CT molecular complexity index is 115. The van der Waals surface area contributed by atoms with Gasteiger partial charge in [-0.3, -0.25) is 0 Å². The second kappa shape index (κ2) is 3.55. The predicted octanol–water partition coefficient (Wildman–Crippen LogP) is 0.880. The number of nitrogens with one attached hydrogen (secondary N) is 2. The van der Waals surface area contributed by atoms with Crippen LogP contribution in [0.2, 0.25) is 0 Å². The van der Waals surface area contributed by atoms with Gasteiger partial charge in [-0.1, -0.05) is 6.42 Å². The molecule has 2 aliphatic rings. The summed E-state index contributed by atoms with van der Waals surface area (Å²) in [6.07, 6.45) is 6.99. The monoisotopic (exact) mass is 154 g/mol. The van der Waals surface area contributed by atoms with Gasteiger partial charge in [0.1, 0.15) is 0 Å². The van der Waals surface area contributed by atoms with E-state index in [1.807, 2.05) is 0 Å². The summed E-state index contributed by atoms with van der Waals surface area (Å²) in [6.45, 7) is 2.43. The van der Waals surface area contributed by atoms with Crippen molar-refractivity contribution in [3.05, 3.63) is 0 Å². The van der Waals surface area contributed by atoms with Crippen molar-refractivity contribution in [2.75, 3.05) is 13.1 Å². The van der Waals surface area contributed by atoms with Crippen LogP contribution < -0.4 is 10.6 Å². The van der Waals surface area contributed by atoms with Crippen molar-refractivity contribution < 1.29 is 0 Å². The van der Waals surface area contributed by atoms with Crippen LogP contribution in [0.1, 0.15) is 32.1 Å². The highest BCUT2D eigenvalue weighted by Gasteiger charge is 2.22. The Labute approximate surface area is 68.7 Å². The van der Waals surface area contributed by atoms with Crippen molar-refractivity contribution in [3.63, 3.8) is 0 Å². The molecule has 1 heterocycles. The second-order valence-corrected chi connectivity index (χ2v) is 3.83. The smallest absolute Gasteiger partial charge is 0.0192 e. The maximum Gasteiger partial charge on any atom is 0.0192 e. The highest BCUT2D eigenvalue weighted by atomic mass is 15.0. The summed E-state index contributed by atoms with van der Waals surface area (Å²) >= 11 is 0. The van der Waals surface area contributed by atoms with Crippen molar-refractivity contribution in [1.82, 2.24) is 10.6 Å². The van der Waals surface area contributed by atoms with Crippen molar-refractivity contribution >= 4 is 0 Å². The highest BCUT2D eigenvalue weighted by Crippen LogP contribution is 2.18. The molecule has 0 bridgehead atoms. The molecule has 0 aromatic rings. The van der Waals surface area contributed by atoms with E-state index in [0.717, 1.165) is 12.1 Å². The van der Waals surface area contributed by atoms with E-state index in [1.165, 1.54) is 45.2 Å². The number of hydrogen-bond acceptors (Lipinski definition) is 2. The van der Waals surface area contributed by atoms with E-state index in [-0.39, 0.29) is 0 Å². The Morgan fingerprint density at radius 1 is 1.18 bits per heavy atom. The quantitative estimate of drug-likeness (QED) is 0.630. The summed E-state index contributed by atoms with van der Waals surface area (Å²) in [6, 6.07) is 1.64. The summed E-state index contributed by atoms with van der Waals surface area (Å²) in [4.78, 5) is 0. The molecule has 1 saturated carbocycles. The highest BCUT2D eigenvalue weighted by molar-refractivity contribution is 4.84. The van der Waals surface area contributed by atoms with Crippen molar-refractivity contribution in [2.24, 2.45) is 0 Å². The zero-order valence-corrected chi connectivity index (χ0v) is 7.10. The summed E-state index contributed by atoms with van der Waals surface area (Å²) in [7, 11) is 0. The molecular formula is C9H18N2. The van der Waals surface area contributed by atoms with E-state index < -0.39 is 0 Å². The predicted molar refractivity (Wildman–Crippen MR) is 46.7 cm³/mol. The minimum atomic E-state index is 0.768. The van der Waals surface area contributed by atoms with Crippen molar-refractivity contribution in [2.45, 2.75) is 44.2 Å². The van der Waals surface area contributed by atoms with Crippen LogP contribution in [0.3, 0.4) is 0 Å². The molecule has 1 atom stereocenters. The zero-order chi connectivity index (χ0) is 7.52. The standard InChI is InChI=1S/C9H18N2/c1-2-6-10-9(3-1)7-11-8-4-5-8/h8-11H,1-7H2/t9-/m1/s1. The molecular weight excluding hydrogens is 136 g/mol. The van der Waals surface area contributed by atoms with Gasteiger partial charge >= 0.3 is 0 Å². The maximum atomic E-state index is 3.56. The molecule has 0 radical (unpaired) electrons. The zero-order valence-electron chi connectivity index (χ0n) is 7.10. The fraction of sp³-hybridized carbons (Fsp3) is 1.00. The summed E-state index contributed by atoms with van der Waals surface area (Å²) in [5.41, 5.74) is 0. The summed E-state index contributed by atoms with van der Waals surface area (Å²) < 4.78 is 0. The van der Waals surface area contributed by atoms with Gasteiger partial charge in [0, 0.05) is 18.6 Å². The third-order valence-corrected chi connectivity index (χ3v) is 2.64. The SMILES string of the molecule is C1CC[C@H](CNC2CC2)NC1. The fourth-order valence-electron chi connectivity index (χ4n) is 1.69. The Kier molecular flexibility index (Phi) is 2.44. The number of rotatable bonds is 3. The van der Waals surface area contributed by atoms with Crippen LogP contribution in [0.15, 0.2) is 0 Å². The first kappa shape index (κ1) is 7.56. The van der Waals surface area contributed by atoms with Gasteiger partial charge in [0.15, 0.2) is 0 Å². The van der Waals surface area contributed by atoms with E-state index >= 15 is 0 Å². The van der Waals surface area contributed by atoms with Gasteiger partial charge in [-0.25, -0.2) is 0 Å². The molecule has 2 heteroatoms. The van der Waals surface area contributed by atoms with Crippen LogP contribution in [-0.2, 0) is 0 Å². The lowest BCUT2D eigenvalue weighted by atomic mass is 10.1. The lowest BCUT2D eigenvalue weighted by Gasteiger charge is -2.23. The second-order valence-electron chi connectivity index (χ2n) is 3.83. The van der Waals surface area contributed by atoms with Crippen LogP contribution in [0, 0.1) is 0 Å². The maximum absolute atomic E-state index is 3.56. The van der Waals surface area contributed by atoms with Gasteiger partial charge in [0.05, 0.1) is 0 Å². The van der Waals surface area contributed by atoms with Crippen molar-refractivity contribution in [1.29, 1.82) is 0 Å². The molecule has 2 rings (SSSR count). The molecule has 0 aromatic heterocycles. The van der Waals surface area contributed by atoms with Gasteiger partial charge in [-0.05, 0) is 32.2 Å². The third kappa shape index (κ3) is 2.46. The van der Waals surface area contributed by atoms with Crippen LogP contribution in [0.4, 0.5) is 0 Å². The normalized spacial score (nSPS) is 32.2. The first-order valence-electron chi connectivity index (χ1n) is 4.92. The minimum absolute atomic E-state index is 0.768. The molecule has 0 amide bonds. The lowest BCUT2D eigenvalue weighted by molar-refractivity contribution is 0.383. The summed E-state index contributed by atoms with van der Waals surface area (Å²) in [5.74, 6) is 0. The minimum Gasteiger partial charge on any atom is -0.313 e. The Hall–Kier alpha value is -0.0800. The molecule has 2 nitrogen and oxygen atoms in total. The molecule has 0 aromatic carbocycles. The molecule has 1 saturated heterocycles. The molecule has 64 valence electrons. The first-order chi connectivity index (χ1) is 5.45. The molecule has 0 unspecified atom stereocenters. The van der Waals surface area contributed by atoms with E-state index in [4.69, 9.17) is 0 Å². The summed E-state index contributed by atoms with van der Waals surface area (Å²) in [5, 5.41) is 7.10. The van der Waals surface area contributed by atoms with Gasteiger partial charge in [-0.2, -0.15) is 0 Å². The van der Waals surface area contributed by atoms with E-state index in [9.17, 15) is 0 Å². The fourth-order valence-corrected chi connectivity index (χ4v) is 1.69. The third-order valence-electron chi connectivity index (χ3n) is 2.64. The lowest BCUT2D eigenvalue weighted by Crippen LogP contribution is -2.42. The molecule has 1 aliphatic heterocycles. The number of hydrogen-bond donors (Lipinski definition) is 2. The van der Waals surface area contributed by atoms with Crippen LogP contribution >= 0.6 is 0 Å². The van der Waals surface area contributed by atoms with Gasteiger partial charge < -0.3 is 10.6 Å². The largest absolute Gasteiger partial charge is 0.313 e. The van der Waals surface area contributed by atoms with E-state index in [0.29, 0.717) is 0 Å². The molecule has 11 heavy (non-hydrogen) atoms. The first-order valence-corrected chi connectivity index (χ1v) is 4.92. The molecule has 2 fully saturated rings. The van der Waals surface area contributed by atoms with Gasteiger partial charge in [0.2, 0.25) is 0 Å². The van der Waals surface area contributed by atoms with Crippen molar-refractivity contribution in [3.8, 4) is 0 Å². The Morgan fingerprint density at radius 3 is 2.73 bits per heavy atom. The van der Waals surface area contributed by atoms with Gasteiger partial charge in [-0.15, -0.1) is 0 Å². The molecule has 2 N–H and O–H groups in total. The Balaban J connectivity index is 1.59.